The molecule has 1 heterocycles. The number of halogens is 1. The molecule has 17 heavy (non-hydrogen) atoms. The highest BCUT2D eigenvalue weighted by Gasteiger charge is 2.17. The second-order valence-corrected chi connectivity index (χ2v) is 4.88. The highest BCUT2D eigenvalue weighted by atomic mass is 35.5. The number of nitrogens with one attached hydrogen (secondary N) is 1. The standard InChI is InChI=1S/C12H18ClN3O/c1-7(2)6-9(14)12(17)16-10-8(3)4-5-15-11(10)13/h4-5,7,9H,6,14H2,1-3H3,(H,16,17)/t9-/m1/s1. The molecule has 94 valence electrons. The van der Waals surface area contributed by atoms with Gasteiger partial charge in [-0.05, 0) is 30.9 Å². The number of anilines is 1. The fraction of sp³-hybridized carbons (Fsp3) is 0.500. The van der Waals surface area contributed by atoms with Gasteiger partial charge in [0.05, 0.1) is 11.7 Å². The van der Waals surface area contributed by atoms with Crippen LogP contribution in [0.2, 0.25) is 5.15 Å². The van der Waals surface area contributed by atoms with Crippen LogP contribution in [0, 0.1) is 12.8 Å². The summed E-state index contributed by atoms with van der Waals surface area (Å²) >= 11 is 5.92. The molecule has 0 unspecified atom stereocenters. The van der Waals surface area contributed by atoms with Gasteiger partial charge in [-0.15, -0.1) is 0 Å². The summed E-state index contributed by atoms with van der Waals surface area (Å²) in [6, 6.07) is 1.26. The fourth-order valence-corrected chi connectivity index (χ4v) is 1.76. The molecule has 0 radical (unpaired) electrons. The molecular formula is C12H18ClN3O. The van der Waals surface area contributed by atoms with Crippen molar-refractivity contribution in [1.29, 1.82) is 0 Å². The lowest BCUT2D eigenvalue weighted by molar-refractivity contribution is -0.117. The highest BCUT2D eigenvalue weighted by Crippen LogP contribution is 2.22. The summed E-state index contributed by atoms with van der Waals surface area (Å²) in [5.41, 5.74) is 7.20. The van der Waals surface area contributed by atoms with Crippen molar-refractivity contribution in [1.82, 2.24) is 4.98 Å². The Morgan fingerprint density at radius 1 is 1.59 bits per heavy atom. The van der Waals surface area contributed by atoms with Crippen LogP contribution in [0.5, 0.6) is 0 Å². The lowest BCUT2D eigenvalue weighted by atomic mass is 10.0. The van der Waals surface area contributed by atoms with E-state index in [4.69, 9.17) is 17.3 Å². The number of nitrogens with two attached hydrogens (primary N) is 1. The first-order valence-electron chi connectivity index (χ1n) is 5.59. The van der Waals surface area contributed by atoms with Crippen molar-refractivity contribution in [2.24, 2.45) is 11.7 Å². The minimum absolute atomic E-state index is 0.225. The zero-order valence-corrected chi connectivity index (χ0v) is 11.1. The van der Waals surface area contributed by atoms with Crippen LogP contribution in [0.25, 0.3) is 0 Å². The molecule has 0 aliphatic carbocycles. The van der Waals surface area contributed by atoms with Crippen LogP contribution < -0.4 is 11.1 Å². The molecule has 0 aromatic carbocycles. The molecule has 0 aliphatic heterocycles. The Morgan fingerprint density at radius 2 is 2.24 bits per heavy atom. The van der Waals surface area contributed by atoms with Crippen LogP contribution in [0.4, 0.5) is 5.69 Å². The molecule has 0 aliphatic rings. The molecule has 1 atom stereocenters. The molecule has 4 nitrogen and oxygen atoms in total. The monoisotopic (exact) mass is 255 g/mol. The van der Waals surface area contributed by atoms with E-state index in [1.807, 2.05) is 20.8 Å². The Balaban J connectivity index is 2.74. The van der Waals surface area contributed by atoms with Crippen LogP contribution in [-0.2, 0) is 4.79 Å². The summed E-state index contributed by atoms with van der Waals surface area (Å²) in [6.07, 6.45) is 2.24. The average Bonchev–Trinajstić information content (AvgIpc) is 2.22. The van der Waals surface area contributed by atoms with Crippen molar-refractivity contribution in [3.8, 4) is 0 Å². The maximum Gasteiger partial charge on any atom is 0.241 e. The van der Waals surface area contributed by atoms with Gasteiger partial charge in [0, 0.05) is 6.20 Å². The van der Waals surface area contributed by atoms with E-state index in [2.05, 4.69) is 10.3 Å². The lowest BCUT2D eigenvalue weighted by Crippen LogP contribution is -2.36. The number of nitrogens with zero attached hydrogens (tertiary/aromatic N) is 1. The molecule has 0 spiro atoms. The third kappa shape index (κ3) is 3.98. The summed E-state index contributed by atoms with van der Waals surface area (Å²) < 4.78 is 0. The molecule has 0 saturated heterocycles. The quantitative estimate of drug-likeness (QED) is 0.812. The summed E-state index contributed by atoms with van der Waals surface area (Å²) in [7, 11) is 0. The topological polar surface area (TPSA) is 68.0 Å². The van der Waals surface area contributed by atoms with Crippen LogP contribution in [0.15, 0.2) is 12.3 Å². The molecule has 1 amide bonds. The van der Waals surface area contributed by atoms with Crippen molar-refractivity contribution in [2.45, 2.75) is 33.2 Å². The first-order valence-corrected chi connectivity index (χ1v) is 5.97. The van der Waals surface area contributed by atoms with Crippen molar-refractivity contribution in [2.75, 3.05) is 5.32 Å². The van der Waals surface area contributed by atoms with Gasteiger partial charge in [-0.3, -0.25) is 4.79 Å². The molecular weight excluding hydrogens is 238 g/mol. The van der Waals surface area contributed by atoms with Crippen LogP contribution in [-0.4, -0.2) is 16.9 Å². The third-order valence-corrected chi connectivity index (χ3v) is 2.71. The van der Waals surface area contributed by atoms with Gasteiger partial charge in [0.1, 0.15) is 0 Å². The number of carbonyl (C=O) groups is 1. The second-order valence-electron chi connectivity index (χ2n) is 4.52. The molecule has 0 bridgehead atoms. The first kappa shape index (κ1) is 13.9. The van der Waals surface area contributed by atoms with Crippen molar-refractivity contribution in [3.63, 3.8) is 0 Å². The van der Waals surface area contributed by atoms with E-state index in [1.54, 1.807) is 12.3 Å². The third-order valence-electron chi connectivity index (χ3n) is 2.42. The van der Waals surface area contributed by atoms with Gasteiger partial charge in [-0.25, -0.2) is 4.98 Å². The number of pyridine rings is 1. The number of carbonyl (C=O) groups excluding carboxylic acids is 1. The summed E-state index contributed by atoms with van der Waals surface area (Å²) in [5.74, 6) is 0.151. The van der Waals surface area contributed by atoms with Gasteiger partial charge < -0.3 is 11.1 Å². The van der Waals surface area contributed by atoms with Gasteiger partial charge >= 0.3 is 0 Å². The SMILES string of the molecule is Cc1ccnc(Cl)c1NC(=O)[C@H](N)CC(C)C. The second kappa shape index (κ2) is 5.98. The van der Waals surface area contributed by atoms with Crippen molar-refractivity contribution in [3.05, 3.63) is 23.0 Å². The molecule has 0 fully saturated rings. The Labute approximate surface area is 107 Å². The van der Waals surface area contributed by atoms with Crippen LogP contribution in [0.3, 0.4) is 0 Å². The van der Waals surface area contributed by atoms with E-state index in [1.165, 1.54) is 0 Å². The number of hydrogen-bond donors (Lipinski definition) is 2. The minimum atomic E-state index is -0.523. The zero-order valence-electron chi connectivity index (χ0n) is 10.3. The van der Waals surface area contributed by atoms with E-state index in [-0.39, 0.29) is 11.1 Å². The minimum Gasteiger partial charge on any atom is -0.322 e. The van der Waals surface area contributed by atoms with E-state index >= 15 is 0 Å². The Morgan fingerprint density at radius 3 is 2.76 bits per heavy atom. The van der Waals surface area contributed by atoms with E-state index < -0.39 is 6.04 Å². The predicted molar refractivity (Wildman–Crippen MR) is 70.0 cm³/mol. The van der Waals surface area contributed by atoms with E-state index in [9.17, 15) is 4.79 Å². The van der Waals surface area contributed by atoms with Gasteiger partial charge in [0.25, 0.3) is 0 Å². The average molecular weight is 256 g/mol. The van der Waals surface area contributed by atoms with Gasteiger partial charge in [-0.1, -0.05) is 25.4 Å². The Kier molecular flexibility index (Phi) is 4.90. The summed E-state index contributed by atoms with van der Waals surface area (Å²) in [4.78, 5) is 15.8. The first-order chi connectivity index (χ1) is 7.91. The number of aryl methyl sites for hydroxylation is 1. The largest absolute Gasteiger partial charge is 0.322 e. The van der Waals surface area contributed by atoms with Gasteiger partial charge in [-0.2, -0.15) is 0 Å². The number of hydrogen-bond acceptors (Lipinski definition) is 3. The van der Waals surface area contributed by atoms with Crippen molar-refractivity contribution < 1.29 is 4.79 Å². The number of rotatable bonds is 4. The highest BCUT2D eigenvalue weighted by molar-refractivity contribution is 6.32. The summed E-state index contributed by atoms with van der Waals surface area (Å²) in [5, 5.41) is 3.01. The maximum absolute atomic E-state index is 11.8. The normalized spacial score (nSPS) is 12.6. The fourth-order valence-electron chi connectivity index (χ4n) is 1.51. The maximum atomic E-state index is 11.8. The lowest BCUT2D eigenvalue weighted by Gasteiger charge is -2.15. The van der Waals surface area contributed by atoms with E-state index in [0.717, 1.165) is 5.56 Å². The van der Waals surface area contributed by atoms with Crippen LogP contribution >= 0.6 is 11.6 Å². The summed E-state index contributed by atoms with van der Waals surface area (Å²) in [6.45, 7) is 5.90. The molecule has 0 saturated carbocycles. The van der Waals surface area contributed by atoms with Gasteiger partial charge in [0.2, 0.25) is 5.91 Å². The predicted octanol–water partition coefficient (Wildman–Crippen LogP) is 2.36. The Hall–Kier alpha value is -1.13. The number of amides is 1. The van der Waals surface area contributed by atoms with Crippen molar-refractivity contribution >= 4 is 23.2 Å². The molecule has 1 rings (SSSR count). The molecule has 5 heteroatoms. The Bertz CT molecular complexity index is 386. The number of aromatic nitrogens is 1. The van der Waals surface area contributed by atoms with Gasteiger partial charge in [0.15, 0.2) is 5.15 Å². The van der Waals surface area contributed by atoms with E-state index in [0.29, 0.717) is 18.0 Å². The molecule has 1 aromatic heterocycles. The van der Waals surface area contributed by atoms with Crippen LogP contribution in [0.1, 0.15) is 25.8 Å². The molecule has 3 N–H and O–H groups in total. The molecule has 1 aromatic rings. The smallest absolute Gasteiger partial charge is 0.241 e. The zero-order chi connectivity index (χ0) is 13.0.